The molecule has 5 heteroatoms. The maximum atomic E-state index is 11.1. The van der Waals surface area contributed by atoms with Crippen LogP contribution in [0.25, 0.3) is 28.2 Å². The largest absolute Gasteiger partial charge is 0.497 e. The molecule has 0 N–H and O–H groups in total. The van der Waals surface area contributed by atoms with Gasteiger partial charge in [0.25, 0.3) is 0 Å². The van der Waals surface area contributed by atoms with Gasteiger partial charge in [0.1, 0.15) is 11.4 Å². The number of hydrogen-bond acceptors (Lipinski definition) is 4. The molecule has 2 aromatic carbocycles. The highest BCUT2D eigenvalue weighted by Crippen LogP contribution is 2.27. The van der Waals surface area contributed by atoms with Crippen molar-refractivity contribution in [1.82, 2.24) is 14.6 Å². The molecule has 4 rings (SSSR count). The van der Waals surface area contributed by atoms with Gasteiger partial charge in [-0.05, 0) is 30.3 Å². The lowest BCUT2D eigenvalue weighted by atomic mass is 10.1. The van der Waals surface area contributed by atoms with E-state index in [0.717, 1.165) is 34.6 Å². The molecule has 4 aromatic rings. The molecule has 0 saturated heterocycles. The number of carbonyl (C=O) groups is 1. The number of aldehydes is 1. The van der Waals surface area contributed by atoms with Gasteiger partial charge in [-0.3, -0.25) is 4.79 Å². The minimum atomic E-state index is 0.358. The lowest BCUT2D eigenvalue weighted by Crippen LogP contribution is -1.98. The molecule has 0 aliphatic rings. The second kappa shape index (κ2) is 6.20. The smallest absolute Gasteiger partial charge is 0.170 e. The van der Waals surface area contributed by atoms with Crippen molar-refractivity contribution >= 4 is 11.9 Å². The maximum Gasteiger partial charge on any atom is 0.170 e. The molecule has 122 valence electrons. The molecule has 0 radical (unpaired) electrons. The number of fused-ring (bicyclic) bond motifs is 1. The Kier molecular flexibility index (Phi) is 3.74. The summed E-state index contributed by atoms with van der Waals surface area (Å²) in [7, 11) is 1.64. The molecule has 0 aliphatic carbocycles. The Bertz CT molecular complexity index is 1040. The summed E-state index contributed by atoms with van der Waals surface area (Å²) in [6, 6.07) is 21.3. The van der Waals surface area contributed by atoms with Gasteiger partial charge in [0.2, 0.25) is 0 Å². The molecule has 2 aromatic heterocycles. The van der Waals surface area contributed by atoms with Crippen LogP contribution < -0.4 is 4.74 Å². The minimum Gasteiger partial charge on any atom is -0.497 e. The van der Waals surface area contributed by atoms with Crippen LogP contribution >= 0.6 is 0 Å². The fourth-order valence-corrected chi connectivity index (χ4v) is 2.77. The third kappa shape index (κ3) is 2.76. The lowest BCUT2D eigenvalue weighted by molar-refractivity contribution is 0.111. The molecule has 0 unspecified atom stereocenters. The Labute approximate surface area is 144 Å². The number of rotatable bonds is 4. The molecule has 0 aliphatic heterocycles. The van der Waals surface area contributed by atoms with Gasteiger partial charge in [-0.1, -0.05) is 30.3 Å². The van der Waals surface area contributed by atoms with E-state index in [4.69, 9.17) is 4.74 Å². The summed E-state index contributed by atoms with van der Waals surface area (Å²) in [5, 5.41) is 4.34. The van der Waals surface area contributed by atoms with Crippen molar-refractivity contribution in [3.8, 4) is 28.3 Å². The first-order valence-corrected chi connectivity index (χ1v) is 7.84. The fraction of sp³-hybridized carbons (Fsp3) is 0.0500. The van der Waals surface area contributed by atoms with E-state index in [2.05, 4.69) is 10.1 Å². The highest BCUT2D eigenvalue weighted by Gasteiger charge is 2.12. The van der Waals surface area contributed by atoms with E-state index in [0.29, 0.717) is 11.3 Å². The first-order chi connectivity index (χ1) is 12.3. The number of benzene rings is 2. The van der Waals surface area contributed by atoms with Crippen molar-refractivity contribution in [2.24, 2.45) is 0 Å². The molecular weight excluding hydrogens is 314 g/mol. The zero-order valence-corrected chi connectivity index (χ0v) is 13.6. The number of ether oxygens (including phenoxy) is 1. The van der Waals surface area contributed by atoms with Crippen LogP contribution in [0.5, 0.6) is 5.75 Å². The van der Waals surface area contributed by atoms with Crippen LogP contribution in [0.2, 0.25) is 0 Å². The highest BCUT2D eigenvalue weighted by atomic mass is 16.5. The van der Waals surface area contributed by atoms with Gasteiger partial charge >= 0.3 is 0 Å². The van der Waals surface area contributed by atoms with Crippen LogP contribution in [0, 0.1) is 0 Å². The van der Waals surface area contributed by atoms with Gasteiger partial charge < -0.3 is 4.74 Å². The SMILES string of the molecule is COc1ccc(-c2cc(-c3ccccc3)n3nc(C=O)cc3n2)cc1. The quantitative estimate of drug-likeness (QED) is 0.533. The van der Waals surface area contributed by atoms with Crippen molar-refractivity contribution in [3.63, 3.8) is 0 Å². The first-order valence-electron chi connectivity index (χ1n) is 7.84. The molecule has 25 heavy (non-hydrogen) atoms. The second-order valence-corrected chi connectivity index (χ2v) is 5.58. The highest BCUT2D eigenvalue weighted by molar-refractivity contribution is 5.77. The Morgan fingerprint density at radius 1 is 0.960 bits per heavy atom. The van der Waals surface area contributed by atoms with Crippen LogP contribution in [-0.4, -0.2) is 28.0 Å². The summed E-state index contributed by atoms with van der Waals surface area (Å²) < 4.78 is 6.91. The van der Waals surface area contributed by atoms with Crippen molar-refractivity contribution in [2.75, 3.05) is 7.11 Å². The zero-order valence-electron chi connectivity index (χ0n) is 13.6. The number of aromatic nitrogens is 3. The molecule has 0 spiro atoms. The van der Waals surface area contributed by atoms with E-state index in [1.165, 1.54) is 0 Å². The Morgan fingerprint density at radius 3 is 2.40 bits per heavy atom. The number of nitrogens with zero attached hydrogens (tertiary/aromatic N) is 3. The standard InChI is InChI=1S/C20H15N3O2/c1-25-17-9-7-14(8-10-17)18-12-19(15-5-3-2-4-6-15)23-20(21-18)11-16(13-24)22-23/h2-13H,1H3. The van der Waals surface area contributed by atoms with Crippen molar-refractivity contribution in [1.29, 1.82) is 0 Å². The number of carbonyl (C=O) groups excluding carboxylic acids is 1. The molecule has 0 atom stereocenters. The lowest BCUT2D eigenvalue weighted by Gasteiger charge is -2.09. The third-order valence-electron chi connectivity index (χ3n) is 4.02. The molecule has 5 nitrogen and oxygen atoms in total. The fourth-order valence-electron chi connectivity index (χ4n) is 2.77. The Balaban J connectivity index is 1.95. The first kappa shape index (κ1) is 15.1. The topological polar surface area (TPSA) is 56.5 Å². The van der Waals surface area contributed by atoms with Crippen LogP contribution in [0.4, 0.5) is 0 Å². The molecule has 0 bridgehead atoms. The van der Waals surface area contributed by atoms with Gasteiger partial charge in [-0.2, -0.15) is 5.10 Å². The normalized spacial score (nSPS) is 10.8. The van der Waals surface area contributed by atoms with Crippen LogP contribution in [0.3, 0.4) is 0 Å². The number of methoxy groups -OCH3 is 1. The summed E-state index contributed by atoms with van der Waals surface area (Å²) in [6.45, 7) is 0. The van der Waals surface area contributed by atoms with Crippen molar-refractivity contribution in [3.05, 3.63) is 72.4 Å². The summed E-state index contributed by atoms with van der Waals surface area (Å²) in [5.74, 6) is 0.792. The van der Waals surface area contributed by atoms with E-state index in [9.17, 15) is 4.79 Å². The van der Waals surface area contributed by atoms with Crippen molar-refractivity contribution < 1.29 is 9.53 Å². The number of hydrogen-bond donors (Lipinski definition) is 0. The van der Waals surface area contributed by atoms with E-state index >= 15 is 0 Å². The minimum absolute atomic E-state index is 0.358. The van der Waals surface area contributed by atoms with Crippen LogP contribution in [0.1, 0.15) is 10.5 Å². The van der Waals surface area contributed by atoms with E-state index in [-0.39, 0.29) is 0 Å². The average molecular weight is 329 g/mol. The summed E-state index contributed by atoms with van der Waals surface area (Å²) in [4.78, 5) is 15.8. The monoisotopic (exact) mass is 329 g/mol. The van der Waals surface area contributed by atoms with Crippen molar-refractivity contribution in [2.45, 2.75) is 0 Å². The van der Waals surface area contributed by atoms with E-state index in [1.54, 1.807) is 17.7 Å². The molecular formula is C20H15N3O2. The Hall–Kier alpha value is -3.47. The third-order valence-corrected chi connectivity index (χ3v) is 4.02. The van der Waals surface area contributed by atoms with Gasteiger partial charge in [0.15, 0.2) is 11.9 Å². The predicted octanol–water partition coefficient (Wildman–Crippen LogP) is 3.88. The van der Waals surface area contributed by atoms with Crippen LogP contribution in [-0.2, 0) is 0 Å². The van der Waals surface area contributed by atoms with Gasteiger partial charge in [0.05, 0.1) is 18.5 Å². The van der Waals surface area contributed by atoms with Gasteiger partial charge in [0, 0.05) is 17.2 Å². The molecule has 2 heterocycles. The Morgan fingerprint density at radius 2 is 1.72 bits per heavy atom. The average Bonchev–Trinajstić information content (AvgIpc) is 3.11. The van der Waals surface area contributed by atoms with E-state index in [1.807, 2.05) is 60.7 Å². The van der Waals surface area contributed by atoms with Gasteiger partial charge in [-0.25, -0.2) is 9.50 Å². The summed E-state index contributed by atoms with van der Waals surface area (Å²) in [5.41, 5.74) is 4.65. The van der Waals surface area contributed by atoms with E-state index < -0.39 is 0 Å². The second-order valence-electron chi connectivity index (χ2n) is 5.58. The zero-order chi connectivity index (χ0) is 17.2. The molecule has 0 saturated carbocycles. The molecule has 0 amide bonds. The summed E-state index contributed by atoms with van der Waals surface area (Å²) >= 11 is 0. The maximum absolute atomic E-state index is 11.1. The summed E-state index contributed by atoms with van der Waals surface area (Å²) in [6.07, 6.45) is 0.733. The molecule has 0 fully saturated rings. The predicted molar refractivity (Wildman–Crippen MR) is 95.8 cm³/mol. The van der Waals surface area contributed by atoms with Gasteiger partial charge in [-0.15, -0.1) is 0 Å². The van der Waals surface area contributed by atoms with Crippen LogP contribution in [0.15, 0.2) is 66.7 Å².